The first-order chi connectivity index (χ1) is 11.8. The zero-order chi connectivity index (χ0) is 18.0. The Labute approximate surface area is 145 Å². The lowest BCUT2D eigenvalue weighted by molar-refractivity contribution is 0.207. The van der Waals surface area contributed by atoms with Gasteiger partial charge in [-0.15, -0.1) is 0 Å². The summed E-state index contributed by atoms with van der Waals surface area (Å²) >= 11 is 0. The number of urea groups is 1. The molecule has 25 heavy (non-hydrogen) atoms. The Morgan fingerprint density at radius 1 is 1.12 bits per heavy atom. The van der Waals surface area contributed by atoms with E-state index in [4.69, 9.17) is 5.14 Å². The number of carbonyl (C=O) groups excluding carboxylic acids is 1. The van der Waals surface area contributed by atoms with Gasteiger partial charge in [0.25, 0.3) is 0 Å². The van der Waals surface area contributed by atoms with E-state index in [-0.39, 0.29) is 22.8 Å². The lowest BCUT2D eigenvalue weighted by Crippen LogP contribution is -2.34. The molecule has 0 spiro atoms. The molecule has 3 N–H and O–H groups in total. The van der Waals surface area contributed by atoms with Gasteiger partial charge in [0.15, 0.2) is 0 Å². The van der Waals surface area contributed by atoms with Crippen molar-refractivity contribution in [3.63, 3.8) is 0 Å². The molecule has 1 saturated heterocycles. The predicted molar refractivity (Wildman–Crippen MR) is 91.9 cm³/mol. The molecule has 2 aromatic carbocycles. The summed E-state index contributed by atoms with van der Waals surface area (Å²) in [6.45, 7) is 0.600. The molecule has 2 amide bonds. The van der Waals surface area contributed by atoms with E-state index in [0.29, 0.717) is 12.2 Å². The van der Waals surface area contributed by atoms with Crippen LogP contribution in [-0.2, 0) is 10.0 Å². The van der Waals surface area contributed by atoms with Crippen LogP contribution in [0, 0.1) is 5.82 Å². The van der Waals surface area contributed by atoms with Gasteiger partial charge in [0.2, 0.25) is 10.0 Å². The first kappa shape index (κ1) is 17.4. The molecule has 0 aromatic heterocycles. The normalized spacial score (nSPS) is 17.5. The van der Waals surface area contributed by atoms with Crippen molar-refractivity contribution in [2.75, 3.05) is 11.9 Å². The number of primary sulfonamides is 1. The molecule has 0 bridgehead atoms. The molecule has 3 rings (SSSR count). The Morgan fingerprint density at radius 3 is 2.36 bits per heavy atom. The number of hydrogen-bond acceptors (Lipinski definition) is 3. The highest BCUT2D eigenvalue weighted by Gasteiger charge is 2.30. The fourth-order valence-corrected chi connectivity index (χ4v) is 3.48. The molecular formula is C17H18FN3O3S. The lowest BCUT2D eigenvalue weighted by atomic mass is 10.0. The van der Waals surface area contributed by atoms with Crippen LogP contribution in [0.25, 0.3) is 0 Å². The van der Waals surface area contributed by atoms with E-state index in [1.165, 1.54) is 36.4 Å². The minimum absolute atomic E-state index is 0.0177. The predicted octanol–water partition coefficient (Wildman–Crippen LogP) is 2.84. The lowest BCUT2D eigenvalue weighted by Gasteiger charge is -2.25. The van der Waals surface area contributed by atoms with Crippen molar-refractivity contribution in [1.82, 2.24) is 4.90 Å². The molecule has 8 heteroatoms. The van der Waals surface area contributed by atoms with E-state index in [1.807, 2.05) is 0 Å². The first-order valence-electron chi connectivity index (χ1n) is 7.80. The molecule has 132 valence electrons. The van der Waals surface area contributed by atoms with Gasteiger partial charge in [-0.2, -0.15) is 0 Å². The number of likely N-dealkylation sites (tertiary alicyclic amines) is 1. The second-order valence-corrected chi connectivity index (χ2v) is 7.46. The number of nitrogens with two attached hydrogens (primary N) is 1. The Balaban J connectivity index is 1.72. The van der Waals surface area contributed by atoms with Crippen LogP contribution in [0.15, 0.2) is 53.4 Å². The number of nitrogens with zero attached hydrogens (tertiary/aromatic N) is 1. The van der Waals surface area contributed by atoms with Crippen molar-refractivity contribution in [2.45, 2.75) is 23.8 Å². The number of rotatable bonds is 3. The quantitative estimate of drug-likeness (QED) is 0.878. The van der Waals surface area contributed by atoms with Crippen molar-refractivity contribution < 1.29 is 17.6 Å². The van der Waals surface area contributed by atoms with Crippen molar-refractivity contribution in [2.24, 2.45) is 5.14 Å². The Kier molecular flexibility index (Phi) is 4.73. The summed E-state index contributed by atoms with van der Waals surface area (Å²) in [5, 5.41) is 7.80. The number of sulfonamides is 1. The van der Waals surface area contributed by atoms with Crippen molar-refractivity contribution in [1.29, 1.82) is 0 Å². The molecule has 1 atom stereocenters. The second-order valence-electron chi connectivity index (χ2n) is 5.90. The molecule has 1 aliphatic rings. The fourth-order valence-electron chi connectivity index (χ4n) is 2.96. The number of amides is 2. The zero-order valence-electron chi connectivity index (χ0n) is 13.4. The van der Waals surface area contributed by atoms with E-state index in [0.717, 1.165) is 18.4 Å². The number of carbonyl (C=O) groups is 1. The molecule has 2 aromatic rings. The maximum absolute atomic E-state index is 13.1. The van der Waals surface area contributed by atoms with Gasteiger partial charge in [-0.3, -0.25) is 0 Å². The third-order valence-electron chi connectivity index (χ3n) is 4.20. The molecular weight excluding hydrogens is 345 g/mol. The van der Waals surface area contributed by atoms with Crippen LogP contribution in [0.1, 0.15) is 24.4 Å². The minimum atomic E-state index is -3.77. The van der Waals surface area contributed by atoms with Crippen molar-refractivity contribution >= 4 is 21.7 Å². The average Bonchev–Trinajstić information content (AvgIpc) is 3.05. The van der Waals surface area contributed by atoms with Crippen molar-refractivity contribution in [3.05, 3.63) is 59.9 Å². The van der Waals surface area contributed by atoms with Crippen molar-refractivity contribution in [3.8, 4) is 0 Å². The smallest absolute Gasteiger partial charge is 0.317 e. The van der Waals surface area contributed by atoms with E-state index >= 15 is 0 Å². The zero-order valence-corrected chi connectivity index (χ0v) is 14.2. The van der Waals surface area contributed by atoms with Gasteiger partial charge < -0.3 is 10.2 Å². The summed E-state index contributed by atoms with van der Waals surface area (Å²) in [6.07, 6.45) is 1.67. The van der Waals surface area contributed by atoms with Crippen LogP contribution in [0.3, 0.4) is 0 Å². The summed E-state index contributed by atoms with van der Waals surface area (Å²) in [5.74, 6) is -0.312. The van der Waals surface area contributed by atoms with E-state index in [1.54, 1.807) is 17.0 Å². The van der Waals surface area contributed by atoms with Crippen LogP contribution in [0.4, 0.5) is 14.9 Å². The maximum atomic E-state index is 13.1. The summed E-state index contributed by atoms with van der Waals surface area (Å²) in [4.78, 5) is 14.2. The molecule has 0 saturated carbocycles. The largest absolute Gasteiger partial charge is 0.322 e. The molecule has 0 unspecified atom stereocenters. The number of hydrogen-bond donors (Lipinski definition) is 2. The second kappa shape index (κ2) is 6.81. The van der Waals surface area contributed by atoms with E-state index in [9.17, 15) is 17.6 Å². The molecule has 1 aliphatic heterocycles. The van der Waals surface area contributed by atoms with Crippen LogP contribution in [-0.4, -0.2) is 25.9 Å². The number of anilines is 1. The van der Waals surface area contributed by atoms with Gasteiger partial charge in [0.1, 0.15) is 5.82 Å². The van der Waals surface area contributed by atoms with Crippen LogP contribution in [0.5, 0.6) is 0 Å². The average molecular weight is 363 g/mol. The Morgan fingerprint density at radius 2 is 1.76 bits per heavy atom. The summed E-state index contributed by atoms with van der Waals surface area (Å²) in [5.41, 5.74) is 1.36. The van der Waals surface area contributed by atoms with Gasteiger partial charge in [-0.05, 0) is 54.8 Å². The summed E-state index contributed by atoms with van der Waals surface area (Å²) in [7, 11) is -3.77. The third-order valence-corrected chi connectivity index (χ3v) is 5.13. The molecule has 1 heterocycles. The van der Waals surface area contributed by atoms with E-state index < -0.39 is 10.0 Å². The first-order valence-corrected chi connectivity index (χ1v) is 9.35. The summed E-state index contributed by atoms with van der Waals surface area (Å²) < 4.78 is 35.6. The number of benzene rings is 2. The minimum Gasteiger partial charge on any atom is -0.317 e. The highest BCUT2D eigenvalue weighted by molar-refractivity contribution is 7.89. The van der Waals surface area contributed by atoms with E-state index in [2.05, 4.69) is 5.32 Å². The molecule has 0 radical (unpaired) electrons. The van der Waals surface area contributed by atoms with Gasteiger partial charge in [0, 0.05) is 12.2 Å². The highest BCUT2D eigenvalue weighted by Crippen LogP contribution is 2.32. The molecule has 0 aliphatic carbocycles. The van der Waals surface area contributed by atoms with Crippen LogP contribution >= 0.6 is 0 Å². The van der Waals surface area contributed by atoms with Crippen LogP contribution in [0.2, 0.25) is 0 Å². The van der Waals surface area contributed by atoms with Crippen LogP contribution < -0.4 is 10.5 Å². The fraction of sp³-hybridized carbons (Fsp3) is 0.235. The monoisotopic (exact) mass is 363 g/mol. The van der Waals surface area contributed by atoms with Gasteiger partial charge in [-0.1, -0.05) is 12.1 Å². The Hall–Kier alpha value is -2.45. The van der Waals surface area contributed by atoms with Gasteiger partial charge in [-0.25, -0.2) is 22.7 Å². The third kappa shape index (κ3) is 3.97. The SMILES string of the molecule is NS(=O)(=O)c1ccc(NC(=O)N2CCC[C@@H]2c2ccc(F)cc2)cc1. The highest BCUT2D eigenvalue weighted by atomic mass is 32.2. The molecule has 1 fully saturated rings. The standard InChI is InChI=1S/C17H18FN3O3S/c18-13-5-3-12(4-6-13)16-2-1-11-21(16)17(22)20-14-7-9-15(10-8-14)25(19,23)24/h3-10,16H,1-2,11H2,(H,20,22)(H2,19,23,24)/t16-/m1/s1. The molecule has 6 nitrogen and oxygen atoms in total. The summed E-state index contributed by atoms with van der Waals surface area (Å²) in [6, 6.07) is 11.4. The van der Waals surface area contributed by atoms with Gasteiger partial charge in [0.05, 0.1) is 10.9 Å². The topological polar surface area (TPSA) is 92.5 Å². The Bertz CT molecular complexity index is 867. The van der Waals surface area contributed by atoms with Gasteiger partial charge >= 0.3 is 6.03 Å². The maximum Gasteiger partial charge on any atom is 0.322 e. The number of nitrogens with one attached hydrogen (secondary N) is 1. The number of halogens is 1.